The van der Waals surface area contributed by atoms with Crippen LogP contribution in [-0.2, 0) is 41.5 Å². The van der Waals surface area contributed by atoms with Gasteiger partial charge >= 0.3 is 21.2 Å². The van der Waals surface area contributed by atoms with Gasteiger partial charge in [0.15, 0.2) is 5.75 Å². The molecule has 390 valence electrons. The van der Waals surface area contributed by atoms with E-state index >= 15 is 0 Å². The highest BCUT2D eigenvalue weighted by molar-refractivity contribution is 7.86. The molecule has 0 fully saturated rings. The fourth-order valence-corrected chi connectivity index (χ4v) is 8.49. The second-order valence-corrected chi connectivity index (χ2v) is 19.6. The Labute approximate surface area is 436 Å². The lowest BCUT2D eigenvalue weighted by Crippen LogP contribution is -2.01. The van der Waals surface area contributed by atoms with Crippen LogP contribution in [0.15, 0.2) is 184 Å². The summed E-state index contributed by atoms with van der Waals surface area (Å²) in [5.41, 5.74) is 8.08. The van der Waals surface area contributed by atoms with Gasteiger partial charge in [0.2, 0.25) is 0 Å². The number of hydrogen-bond acceptors (Lipinski definition) is 21. The molecule has 0 aliphatic rings. The number of azo groups is 4. The van der Waals surface area contributed by atoms with E-state index in [4.69, 9.17) is 30.0 Å². The van der Waals surface area contributed by atoms with Crippen LogP contribution in [-0.4, -0.2) is 63.4 Å². The molecule has 8 aromatic carbocycles. The lowest BCUT2D eigenvalue weighted by molar-refractivity contribution is 0.415. The van der Waals surface area contributed by atoms with Crippen molar-refractivity contribution in [1.82, 2.24) is 0 Å². The minimum Gasteiger partial charge on any atom is -0.505 e. The number of aromatic hydroxyl groups is 1. The molecule has 23 nitrogen and oxygen atoms in total. The van der Waals surface area contributed by atoms with Crippen LogP contribution in [0.5, 0.6) is 11.5 Å². The molecule has 0 bridgehead atoms. The summed E-state index contributed by atoms with van der Waals surface area (Å²) in [4.78, 5) is -1.05. The highest BCUT2D eigenvalue weighted by Crippen LogP contribution is 2.39. The summed E-state index contributed by atoms with van der Waals surface area (Å²) in [6, 6.07) is 37.0. The molecule has 0 unspecified atom stereocenters. The molecular formula is C49H41N9O14S4. The van der Waals surface area contributed by atoms with Crippen molar-refractivity contribution in [3.63, 3.8) is 0 Å². The summed E-state index contributed by atoms with van der Waals surface area (Å²) in [5.74, 6) is 0.797. The summed E-state index contributed by atoms with van der Waals surface area (Å²) in [6.45, 7) is 7.40. The van der Waals surface area contributed by atoms with Crippen molar-refractivity contribution in [2.45, 2.75) is 37.5 Å². The van der Waals surface area contributed by atoms with Gasteiger partial charge in [-0.15, -0.1) is 35.5 Å². The van der Waals surface area contributed by atoms with E-state index in [1.54, 1.807) is 50.4 Å². The number of phenolic OH excluding ortho intramolecular Hbond substituents is 1. The Bertz CT molecular complexity index is 4120. The first-order chi connectivity index (χ1) is 35.9. The van der Waals surface area contributed by atoms with Crippen molar-refractivity contribution in [3.8, 4) is 11.5 Å². The highest BCUT2D eigenvalue weighted by atomic mass is 32.2. The molecule has 0 heterocycles. The van der Waals surface area contributed by atoms with Crippen LogP contribution in [0.4, 0.5) is 56.9 Å². The van der Waals surface area contributed by atoms with Gasteiger partial charge in [0.1, 0.15) is 26.9 Å². The summed E-state index contributed by atoms with van der Waals surface area (Å²) in [5, 5.41) is 50.8. The van der Waals surface area contributed by atoms with Gasteiger partial charge in [-0.05, 0) is 176 Å². The average molecular weight is 1110 g/mol. The van der Waals surface area contributed by atoms with Gasteiger partial charge in [0, 0.05) is 22.1 Å². The van der Waals surface area contributed by atoms with Gasteiger partial charge in [0.25, 0.3) is 20.2 Å². The predicted octanol–water partition coefficient (Wildman–Crippen LogP) is 12.8. The molecule has 8 rings (SSSR count). The molecule has 0 aliphatic heterocycles. The van der Waals surface area contributed by atoms with E-state index in [9.17, 15) is 31.0 Å². The molecule has 0 aliphatic carbocycles. The lowest BCUT2D eigenvalue weighted by Gasteiger charge is -2.10. The van der Waals surface area contributed by atoms with E-state index in [1.165, 1.54) is 12.1 Å². The van der Waals surface area contributed by atoms with Crippen LogP contribution in [0.2, 0.25) is 0 Å². The summed E-state index contributed by atoms with van der Waals surface area (Å²) in [6.07, 6.45) is 0. The molecule has 27 heteroatoms. The number of benzene rings is 8. The monoisotopic (exact) mass is 1110 g/mol. The SMILES string of the molecule is COc1ccc(Nc2ccc3c(O)c(N=Nc4cc(C)c(N=Nc5ccc(N=Nc6ccc(N=Nc7cc8c(S(=O)(=O)O)cccc8cc7S(=O)(=O)O)c(C)c6)c(C)c5)cc4C)ccc3c2)cc1.O=S(=O)=O.O=S(=O)=O. The van der Waals surface area contributed by atoms with Crippen molar-refractivity contribution in [1.29, 1.82) is 0 Å². The second-order valence-electron chi connectivity index (χ2n) is 16.0. The third-order valence-electron chi connectivity index (χ3n) is 10.8. The molecule has 0 saturated heterocycles. The number of ether oxygens (including phenoxy) is 1. The number of nitrogens with zero attached hydrogens (tertiary/aromatic N) is 8. The van der Waals surface area contributed by atoms with E-state index in [2.05, 4.69) is 46.2 Å². The van der Waals surface area contributed by atoms with Gasteiger partial charge in [0.05, 0.1) is 41.2 Å². The van der Waals surface area contributed by atoms with Crippen LogP contribution in [0.25, 0.3) is 21.5 Å². The maximum absolute atomic E-state index is 12.2. The van der Waals surface area contributed by atoms with Crippen molar-refractivity contribution >= 4 is 120 Å². The topological polar surface area (TPSA) is 352 Å². The van der Waals surface area contributed by atoms with Gasteiger partial charge in [-0.25, -0.2) is 0 Å². The van der Waals surface area contributed by atoms with Gasteiger partial charge in [-0.3, -0.25) is 9.11 Å². The first-order valence-electron chi connectivity index (χ1n) is 21.6. The van der Waals surface area contributed by atoms with E-state index in [0.29, 0.717) is 50.8 Å². The standard InChI is InChI=1S/C49H41N9O8S2.2O3S/c1-28-21-37(13-19-41(28)53-51-36-14-20-42(29(2)22-36)54-58-46-27-40-32(26-48(46)68(63,64)65)7-6-8-47(40)67(60,61)62)52-56-44-23-31(4)45(24-30(44)3)57-55-43-18-9-33-25-35(12-17-39(33)49(43)59)50-34-10-15-38(66-5)16-11-34;2*1-4(2)3/h6-27,50,59H,1-5H3,(H,60,61,62)(H,63,64,65);;. The fourth-order valence-electron chi connectivity index (χ4n) is 7.14. The molecule has 8 aromatic rings. The third-order valence-corrected chi connectivity index (χ3v) is 12.6. The number of phenols is 1. The zero-order valence-corrected chi connectivity index (χ0v) is 43.5. The van der Waals surface area contributed by atoms with Crippen molar-refractivity contribution in [3.05, 3.63) is 156 Å². The zero-order valence-electron chi connectivity index (χ0n) is 40.2. The minimum atomic E-state index is -4.80. The lowest BCUT2D eigenvalue weighted by atomic mass is 10.1. The quantitative estimate of drug-likeness (QED) is 0.0616. The van der Waals surface area contributed by atoms with E-state index < -0.39 is 51.2 Å². The molecule has 4 N–H and O–H groups in total. The molecule has 0 aromatic heterocycles. The van der Waals surface area contributed by atoms with Crippen LogP contribution >= 0.6 is 0 Å². The maximum atomic E-state index is 12.2. The maximum Gasteiger partial charge on any atom is 0.425 e. The Kier molecular flexibility index (Phi) is 18.2. The summed E-state index contributed by atoms with van der Waals surface area (Å²) < 4.78 is 124. The Morgan fingerprint density at radius 3 is 1.41 bits per heavy atom. The third kappa shape index (κ3) is 15.1. The molecule has 0 spiro atoms. The van der Waals surface area contributed by atoms with Crippen LogP contribution in [0.1, 0.15) is 22.3 Å². The highest BCUT2D eigenvalue weighted by Gasteiger charge is 2.21. The number of anilines is 2. The normalized spacial score (nSPS) is 11.7. The van der Waals surface area contributed by atoms with Gasteiger partial charge in [-0.2, -0.15) is 47.5 Å². The van der Waals surface area contributed by atoms with E-state index in [-0.39, 0.29) is 22.2 Å². The smallest absolute Gasteiger partial charge is 0.425 e. The van der Waals surface area contributed by atoms with Crippen LogP contribution in [0, 0.1) is 27.7 Å². The molecule has 0 atom stereocenters. The first kappa shape index (κ1) is 56.4. The van der Waals surface area contributed by atoms with E-state index in [1.807, 2.05) is 87.5 Å². The summed E-state index contributed by atoms with van der Waals surface area (Å²) in [7, 11) is -14.1. The van der Waals surface area contributed by atoms with Crippen LogP contribution < -0.4 is 10.1 Å². The van der Waals surface area contributed by atoms with Crippen molar-refractivity contribution in [2.24, 2.45) is 40.9 Å². The number of nitrogens with one attached hydrogen (secondary N) is 1. The molecule has 0 amide bonds. The van der Waals surface area contributed by atoms with Crippen molar-refractivity contribution in [2.75, 3.05) is 12.4 Å². The number of hydrogen-bond donors (Lipinski definition) is 4. The molecule has 0 saturated carbocycles. The number of fused-ring (bicyclic) bond motifs is 2. The zero-order chi connectivity index (χ0) is 55.5. The van der Waals surface area contributed by atoms with Gasteiger partial charge < -0.3 is 15.2 Å². The molecular weight excluding hydrogens is 1070 g/mol. The number of methoxy groups -OCH3 is 1. The molecule has 76 heavy (non-hydrogen) atoms. The first-order valence-corrected chi connectivity index (χ1v) is 26.5. The Morgan fingerprint density at radius 1 is 0.434 bits per heavy atom. The number of aryl methyl sites for hydroxylation is 4. The van der Waals surface area contributed by atoms with Crippen molar-refractivity contribution < 1.29 is 61.0 Å². The average Bonchev–Trinajstić information content (AvgIpc) is 3.35. The fraction of sp³-hybridized carbons (Fsp3) is 0.102. The van der Waals surface area contributed by atoms with Gasteiger partial charge in [-0.1, -0.05) is 18.2 Å². The Hall–Kier alpha value is -8.86. The predicted molar refractivity (Wildman–Crippen MR) is 280 cm³/mol. The van der Waals surface area contributed by atoms with Crippen LogP contribution in [0.3, 0.4) is 0 Å². The second kappa shape index (κ2) is 24.4. The van der Waals surface area contributed by atoms with E-state index in [0.717, 1.165) is 57.4 Å². The Balaban J connectivity index is 0.00000109. The number of rotatable bonds is 13. The Morgan fingerprint density at radius 2 is 0.882 bits per heavy atom. The largest absolute Gasteiger partial charge is 0.505 e. The minimum absolute atomic E-state index is 0.0111. The summed E-state index contributed by atoms with van der Waals surface area (Å²) >= 11 is 0. The molecule has 0 radical (unpaired) electrons.